The van der Waals surface area contributed by atoms with Gasteiger partial charge in [0.2, 0.25) is 0 Å². The molecule has 0 saturated heterocycles. The van der Waals surface area contributed by atoms with Crippen LogP contribution in [0.25, 0.3) is 11.1 Å². The molecule has 0 aliphatic rings. The molecule has 0 unspecified atom stereocenters. The molecule has 1 N–H and O–H groups in total. The molecule has 0 heterocycles. The smallest absolute Gasteiger partial charge is 0.262 e. The lowest BCUT2D eigenvalue weighted by atomic mass is 10.0. The van der Waals surface area contributed by atoms with Crippen molar-refractivity contribution in [3.8, 4) is 16.9 Å². The molecule has 3 rings (SSSR count). The van der Waals surface area contributed by atoms with E-state index in [-0.39, 0.29) is 17.9 Å². The van der Waals surface area contributed by atoms with E-state index in [0.717, 1.165) is 6.07 Å². The van der Waals surface area contributed by atoms with E-state index in [0.29, 0.717) is 16.3 Å². The van der Waals surface area contributed by atoms with Gasteiger partial charge in [-0.05, 0) is 29.8 Å². The molecule has 26 heavy (non-hydrogen) atoms. The molecule has 0 aliphatic carbocycles. The van der Waals surface area contributed by atoms with Crippen LogP contribution in [-0.2, 0) is 4.79 Å². The van der Waals surface area contributed by atoms with Crippen LogP contribution < -0.4 is 10.1 Å². The van der Waals surface area contributed by atoms with E-state index >= 15 is 0 Å². The van der Waals surface area contributed by atoms with E-state index in [1.54, 1.807) is 54.6 Å². The Morgan fingerprint density at radius 2 is 1.77 bits per heavy atom. The van der Waals surface area contributed by atoms with Crippen LogP contribution in [0.5, 0.6) is 5.75 Å². The van der Waals surface area contributed by atoms with Gasteiger partial charge >= 0.3 is 0 Å². The number of amides is 1. The number of hydrogen-bond acceptors (Lipinski definition) is 2. The number of carbonyl (C=O) groups is 1. The van der Waals surface area contributed by atoms with Gasteiger partial charge in [0.25, 0.3) is 5.91 Å². The summed E-state index contributed by atoms with van der Waals surface area (Å²) in [6.45, 7) is -0.342. The van der Waals surface area contributed by atoms with Crippen molar-refractivity contribution in [2.75, 3.05) is 11.9 Å². The van der Waals surface area contributed by atoms with Crippen LogP contribution in [-0.4, -0.2) is 12.5 Å². The number of halogens is 3. The third-order valence-electron chi connectivity index (χ3n) is 3.57. The second kappa shape index (κ2) is 7.97. The highest BCUT2D eigenvalue weighted by molar-refractivity contribution is 6.30. The van der Waals surface area contributed by atoms with Gasteiger partial charge in [-0.25, -0.2) is 8.78 Å². The standard InChI is InChI=1S/C20H14ClF2NO2/c21-14-7-4-8-16(9-14)26-12-19(25)24-20-17(10-15(22)11-18(20)23)13-5-2-1-3-6-13/h1-11H,12H2,(H,24,25). The molecule has 3 nitrogen and oxygen atoms in total. The zero-order chi connectivity index (χ0) is 18.5. The minimum atomic E-state index is -0.861. The van der Waals surface area contributed by atoms with Gasteiger partial charge in [0.1, 0.15) is 17.4 Å². The highest BCUT2D eigenvalue weighted by atomic mass is 35.5. The van der Waals surface area contributed by atoms with Crippen molar-refractivity contribution in [3.63, 3.8) is 0 Å². The number of nitrogens with one attached hydrogen (secondary N) is 1. The van der Waals surface area contributed by atoms with Crippen molar-refractivity contribution in [1.29, 1.82) is 0 Å². The monoisotopic (exact) mass is 373 g/mol. The summed E-state index contributed by atoms with van der Waals surface area (Å²) in [5.41, 5.74) is 0.730. The first-order chi connectivity index (χ1) is 12.5. The fraction of sp³-hybridized carbons (Fsp3) is 0.0500. The summed E-state index contributed by atoms with van der Waals surface area (Å²) in [5.74, 6) is -1.75. The van der Waals surface area contributed by atoms with Crippen LogP contribution in [0.1, 0.15) is 0 Å². The molecule has 0 saturated carbocycles. The van der Waals surface area contributed by atoms with E-state index in [9.17, 15) is 13.6 Å². The molecule has 3 aromatic rings. The highest BCUT2D eigenvalue weighted by Gasteiger charge is 2.16. The van der Waals surface area contributed by atoms with Crippen molar-refractivity contribution in [3.05, 3.63) is 83.4 Å². The van der Waals surface area contributed by atoms with Crippen molar-refractivity contribution < 1.29 is 18.3 Å². The second-order valence-corrected chi connectivity index (χ2v) is 5.91. The number of carbonyl (C=O) groups excluding carboxylic acids is 1. The number of benzene rings is 3. The van der Waals surface area contributed by atoms with Crippen molar-refractivity contribution in [2.45, 2.75) is 0 Å². The first-order valence-electron chi connectivity index (χ1n) is 7.75. The van der Waals surface area contributed by atoms with E-state index in [2.05, 4.69) is 5.32 Å². The first kappa shape index (κ1) is 17.9. The minimum absolute atomic E-state index is 0.0997. The quantitative estimate of drug-likeness (QED) is 0.658. The average Bonchev–Trinajstić information content (AvgIpc) is 2.63. The maximum Gasteiger partial charge on any atom is 0.262 e. The molecular formula is C20H14ClF2NO2. The van der Waals surface area contributed by atoms with Gasteiger partial charge < -0.3 is 10.1 Å². The highest BCUT2D eigenvalue weighted by Crippen LogP contribution is 2.31. The molecule has 0 bridgehead atoms. The molecule has 0 radical (unpaired) electrons. The molecular weight excluding hydrogens is 360 g/mol. The van der Waals surface area contributed by atoms with E-state index < -0.39 is 17.5 Å². The van der Waals surface area contributed by atoms with Gasteiger partial charge in [0.15, 0.2) is 6.61 Å². The minimum Gasteiger partial charge on any atom is -0.484 e. The number of rotatable bonds is 5. The number of ether oxygens (including phenoxy) is 1. The maximum atomic E-state index is 14.3. The van der Waals surface area contributed by atoms with Gasteiger partial charge in [-0.2, -0.15) is 0 Å². The lowest BCUT2D eigenvalue weighted by Gasteiger charge is -2.13. The molecule has 0 aromatic heterocycles. The number of anilines is 1. The van der Waals surface area contributed by atoms with E-state index in [4.69, 9.17) is 16.3 Å². The van der Waals surface area contributed by atoms with Crippen LogP contribution in [0.4, 0.5) is 14.5 Å². The van der Waals surface area contributed by atoms with Crippen molar-refractivity contribution in [2.24, 2.45) is 0 Å². The summed E-state index contributed by atoms with van der Waals surface area (Å²) < 4.78 is 33.2. The summed E-state index contributed by atoms with van der Waals surface area (Å²) in [6.07, 6.45) is 0. The summed E-state index contributed by atoms with van der Waals surface area (Å²) in [4.78, 5) is 12.2. The lowest BCUT2D eigenvalue weighted by molar-refractivity contribution is -0.118. The molecule has 0 atom stereocenters. The predicted molar refractivity (Wildman–Crippen MR) is 97.4 cm³/mol. The van der Waals surface area contributed by atoms with Gasteiger partial charge in [0, 0.05) is 16.7 Å². The summed E-state index contributed by atoms with van der Waals surface area (Å²) in [5, 5.41) is 2.92. The summed E-state index contributed by atoms with van der Waals surface area (Å²) >= 11 is 5.85. The lowest BCUT2D eigenvalue weighted by Crippen LogP contribution is -2.21. The topological polar surface area (TPSA) is 38.3 Å². The van der Waals surface area contributed by atoms with Crippen LogP contribution in [0, 0.1) is 11.6 Å². The normalized spacial score (nSPS) is 10.4. The maximum absolute atomic E-state index is 14.3. The van der Waals surface area contributed by atoms with Crippen LogP contribution in [0.15, 0.2) is 66.7 Å². The fourth-order valence-corrected chi connectivity index (χ4v) is 2.61. The Morgan fingerprint density at radius 3 is 2.50 bits per heavy atom. The number of hydrogen-bond donors (Lipinski definition) is 1. The third kappa shape index (κ3) is 4.37. The van der Waals surface area contributed by atoms with Gasteiger partial charge in [-0.3, -0.25) is 4.79 Å². The molecule has 1 amide bonds. The van der Waals surface area contributed by atoms with Gasteiger partial charge in [-0.1, -0.05) is 48.0 Å². The summed E-state index contributed by atoms with van der Waals surface area (Å²) in [6, 6.07) is 17.1. The van der Waals surface area contributed by atoms with Crippen LogP contribution in [0.2, 0.25) is 5.02 Å². The molecule has 0 fully saturated rings. The zero-order valence-electron chi connectivity index (χ0n) is 13.5. The van der Waals surface area contributed by atoms with E-state index in [1.165, 1.54) is 6.07 Å². The fourth-order valence-electron chi connectivity index (χ4n) is 2.43. The predicted octanol–water partition coefficient (Wildman–Crippen LogP) is 5.30. The van der Waals surface area contributed by atoms with Crippen molar-refractivity contribution >= 4 is 23.2 Å². The Hall–Kier alpha value is -2.92. The Morgan fingerprint density at radius 1 is 1.00 bits per heavy atom. The SMILES string of the molecule is O=C(COc1cccc(Cl)c1)Nc1c(F)cc(F)cc1-c1ccccc1. The Bertz CT molecular complexity index is 932. The first-order valence-corrected chi connectivity index (χ1v) is 8.13. The molecule has 132 valence electrons. The van der Waals surface area contributed by atoms with Crippen molar-refractivity contribution in [1.82, 2.24) is 0 Å². The second-order valence-electron chi connectivity index (χ2n) is 5.47. The van der Waals surface area contributed by atoms with Gasteiger partial charge in [0.05, 0.1) is 5.69 Å². The molecule has 0 spiro atoms. The Balaban J connectivity index is 1.79. The summed E-state index contributed by atoms with van der Waals surface area (Å²) in [7, 11) is 0. The Labute approximate surface area is 154 Å². The van der Waals surface area contributed by atoms with Crippen LogP contribution >= 0.6 is 11.6 Å². The van der Waals surface area contributed by atoms with E-state index in [1.807, 2.05) is 0 Å². The molecule has 0 aliphatic heterocycles. The largest absolute Gasteiger partial charge is 0.484 e. The van der Waals surface area contributed by atoms with Gasteiger partial charge in [-0.15, -0.1) is 0 Å². The average molecular weight is 374 g/mol. The molecule has 6 heteroatoms. The third-order valence-corrected chi connectivity index (χ3v) is 3.81. The molecule has 3 aromatic carbocycles. The van der Waals surface area contributed by atoms with Crippen LogP contribution in [0.3, 0.4) is 0 Å². The zero-order valence-corrected chi connectivity index (χ0v) is 14.3. The Kier molecular flexibility index (Phi) is 5.49.